The molecule has 2 amide bonds. The van der Waals surface area contributed by atoms with Crippen LogP contribution in [0.25, 0.3) is 0 Å². The van der Waals surface area contributed by atoms with Crippen molar-refractivity contribution in [2.45, 2.75) is 18.8 Å². The second-order valence-electron chi connectivity index (χ2n) is 8.23. The van der Waals surface area contributed by atoms with E-state index in [-0.39, 0.29) is 19.0 Å². The van der Waals surface area contributed by atoms with Crippen molar-refractivity contribution >= 4 is 17.5 Å². The van der Waals surface area contributed by atoms with E-state index in [1.54, 1.807) is 29.2 Å². The molecule has 0 aliphatic carbocycles. The van der Waals surface area contributed by atoms with Crippen LogP contribution in [0.1, 0.15) is 11.1 Å². The van der Waals surface area contributed by atoms with Crippen molar-refractivity contribution in [3.63, 3.8) is 0 Å². The quantitative estimate of drug-likeness (QED) is 0.737. The number of nitrogens with zero attached hydrogens (tertiary/aromatic N) is 3. The third-order valence-corrected chi connectivity index (χ3v) is 5.90. The van der Waals surface area contributed by atoms with Gasteiger partial charge in [0.2, 0.25) is 5.91 Å². The van der Waals surface area contributed by atoms with Crippen molar-refractivity contribution in [2.75, 3.05) is 44.2 Å². The highest BCUT2D eigenvalue weighted by Gasteiger charge is 2.33. The van der Waals surface area contributed by atoms with Crippen LogP contribution in [0.2, 0.25) is 0 Å². The molecule has 176 valence electrons. The largest absolute Gasteiger partial charge is 0.477 e. The molecule has 7 nitrogen and oxygen atoms in total. The van der Waals surface area contributed by atoms with Gasteiger partial charge in [0.05, 0.1) is 24.3 Å². The van der Waals surface area contributed by atoms with Gasteiger partial charge in [0.25, 0.3) is 5.91 Å². The lowest BCUT2D eigenvalue weighted by molar-refractivity contribution is -0.137. The highest BCUT2D eigenvalue weighted by atomic mass is 19.4. The molecule has 0 spiro atoms. The number of amides is 2. The number of anilines is 1. The first kappa shape index (κ1) is 23.1. The second kappa shape index (κ2) is 9.40. The van der Waals surface area contributed by atoms with Crippen LogP contribution in [-0.2, 0) is 22.3 Å². The lowest BCUT2D eigenvalue weighted by atomic mass is 10.1. The van der Waals surface area contributed by atoms with E-state index in [9.17, 15) is 22.8 Å². The topological polar surface area (TPSA) is 79.1 Å². The number of benzene rings is 2. The van der Waals surface area contributed by atoms with Gasteiger partial charge < -0.3 is 15.4 Å². The van der Waals surface area contributed by atoms with Gasteiger partial charge in [0, 0.05) is 32.7 Å². The monoisotopic (exact) mass is 462 g/mol. The maximum Gasteiger partial charge on any atom is 0.416 e. The molecule has 33 heavy (non-hydrogen) atoms. The number of rotatable bonds is 5. The summed E-state index contributed by atoms with van der Waals surface area (Å²) >= 11 is 0. The summed E-state index contributed by atoms with van der Waals surface area (Å²) in [6.07, 6.45) is -5.24. The zero-order valence-electron chi connectivity index (χ0n) is 17.9. The van der Waals surface area contributed by atoms with Crippen LogP contribution in [0, 0.1) is 0 Å². The Morgan fingerprint density at radius 3 is 2.24 bits per heavy atom. The van der Waals surface area contributed by atoms with Crippen LogP contribution in [0.15, 0.2) is 48.5 Å². The fraction of sp³-hybridized carbons (Fsp3) is 0.391. The Morgan fingerprint density at radius 2 is 1.61 bits per heavy atom. The second-order valence-corrected chi connectivity index (χ2v) is 8.23. The van der Waals surface area contributed by atoms with Gasteiger partial charge in [-0.2, -0.15) is 13.2 Å². The average Bonchev–Trinajstić information content (AvgIpc) is 2.79. The minimum Gasteiger partial charge on any atom is -0.477 e. The van der Waals surface area contributed by atoms with Crippen LogP contribution < -0.4 is 15.4 Å². The molecule has 2 aliphatic heterocycles. The molecule has 2 aromatic carbocycles. The zero-order chi connectivity index (χ0) is 23.6. The molecular weight excluding hydrogens is 437 g/mol. The molecule has 2 N–H and O–H groups in total. The van der Waals surface area contributed by atoms with Crippen molar-refractivity contribution in [1.82, 2.24) is 9.80 Å². The van der Waals surface area contributed by atoms with Crippen LogP contribution in [0.5, 0.6) is 5.75 Å². The molecule has 0 unspecified atom stereocenters. The van der Waals surface area contributed by atoms with E-state index in [0.717, 1.165) is 17.7 Å². The number of fused-ring (bicyclic) bond motifs is 1. The molecule has 2 heterocycles. The number of hydrogen-bond acceptors (Lipinski definition) is 5. The fourth-order valence-electron chi connectivity index (χ4n) is 4.06. The van der Waals surface area contributed by atoms with Crippen molar-refractivity contribution in [2.24, 2.45) is 5.73 Å². The Bertz CT molecular complexity index is 1000. The summed E-state index contributed by atoms with van der Waals surface area (Å²) in [6.45, 7) is 3.50. The fourth-order valence-corrected chi connectivity index (χ4v) is 4.06. The molecule has 0 saturated carbocycles. The van der Waals surface area contributed by atoms with Gasteiger partial charge in [-0.25, -0.2) is 0 Å². The first-order chi connectivity index (χ1) is 15.7. The number of ether oxygens (including phenoxy) is 1. The Balaban J connectivity index is 1.32. The molecule has 4 rings (SSSR count). The Morgan fingerprint density at radius 1 is 0.970 bits per heavy atom. The number of carbonyl (C=O) groups is 2. The van der Waals surface area contributed by atoms with E-state index >= 15 is 0 Å². The van der Waals surface area contributed by atoms with E-state index < -0.39 is 23.8 Å². The van der Waals surface area contributed by atoms with Crippen LogP contribution in [-0.4, -0.2) is 67.0 Å². The third kappa shape index (κ3) is 5.45. The Labute approximate surface area is 189 Å². The SMILES string of the molecule is NC(=O)[C@@H]1CN(C(=O)CN2CCN(Cc3ccc(C(F)(F)F)cc3)CC2)c2ccccc2O1. The molecule has 1 saturated heterocycles. The van der Waals surface area contributed by atoms with Crippen molar-refractivity contribution in [3.05, 3.63) is 59.7 Å². The van der Waals surface area contributed by atoms with E-state index in [0.29, 0.717) is 44.2 Å². The van der Waals surface area contributed by atoms with E-state index in [1.165, 1.54) is 12.1 Å². The van der Waals surface area contributed by atoms with Gasteiger partial charge >= 0.3 is 6.18 Å². The number of piperazine rings is 1. The smallest absolute Gasteiger partial charge is 0.416 e. The normalized spacial score (nSPS) is 19.6. The highest BCUT2D eigenvalue weighted by molar-refractivity contribution is 5.98. The van der Waals surface area contributed by atoms with Crippen molar-refractivity contribution < 1.29 is 27.5 Å². The molecular formula is C23H25F3N4O3. The van der Waals surface area contributed by atoms with Gasteiger partial charge in [0.15, 0.2) is 6.10 Å². The number of alkyl halides is 3. The Hall–Kier alpha value is -3.11. The standard InChI is InChI=1S/C23H25F3N4O3/c24-23(25,26)17-7-5-16(6-8-17)13-28-9-11-29(12-10-28)15-21(31)30-14-20(22(27)32)33-19-4-2-1-3-18(19)30/h1-8,20H,9-15H2,(H2,27,32)/t20-/m0/s1. The van der Waals surface area contributed by atoms with Gasteiger partial charge in [0.1, 0.15) is 5.75 Å². The summed E-state index contributed by atoms with van der Waals surface area (Å²) < 4.78 is 43.8. The maximum absolute atomic E-state index is 13.1. The predicted molar refractivity (Wildman–Crippen MR) is 116 cm³/mol. The minimum atomic E-state index is -4.34. The molecule has 10 heteroatoms. The summed E-state index contributed by atoms with van der Waals surface area (Å²) in [5.74, 6) is -0.324. The molecule has 1 fully saturated rings. The van der Waals surface area contributed by atoms with E-state index in [1.807, 2.05) is 4.90 Å². The van der Waals surface area contributed by atoms with E-state index in [2.05, 4.69) is 4.90 Å². The summed E-state index contributed by atoms with van der Waals surface area (Å²) in [5, 5.41) is 0. The zero-order valence-corrected chi connectivity index (χ0v) is 17.9. The summed E-state index contributed by atoms with van der Waals surface area (Å²) in [7, 11) is 0. The van der Waals surface area contributed by atoms with Crippen molar-refractivity contribution in [1.29, 1.82) is 0 Å². The molecule has 0 bridgehead atoms. The lowest BCUT2D eigenvalue weighted by Gasteiger charge is -2.37. The molecule has 1 atom stereocenters. The Kier molecular flexibility index (Phi) is 6.57. The van der Waals surface area contributed by atoms with Gasteiger partial charge in [-0.15, -0.1) is 0 Å². The van der Waals surface area contributed by atoms with Gasteiger partial charge in [-0.05, 0) is 29.8 Å². The number of carbonyl (C=O) groups excluding carboxylic acids is 2. The average molecular weight is 462 g/mol. The molecule has 2 aliphatic rings. The molecule has 2 aromatic rings. The summed E-state index contributed by atoms with van der Waals surface area (Å²) in [6, 6.07) is 12.2. The van der Waals surface area contributed by atoms with Gasteiger partial charge in [-0.1, -0.05) is 24.3 Å². The van der Waals surface area contributed by atoms with Crippen molar-refractivity contribution in [3.8, 4) is 5.75 Å². The maximum atomic E-state index is 13.1. The predicted octanol–water partition coefficient (Wildman–Crippen LogP) is 2.10. The minimum absolute atomic E-state index is 0.0685. The van der Waals surface area contributed by atoms with E-state index in [4.69, 9.17) is 10.5 Å². The summed E-state index contributed by atoms with van der Waals surface area (Å²) in [5.41, 5.74) is 6.18. The number of nitrogens with two attached hydrogens (primary N) is 1. The number of primary amides is 1. The highest BCUT2D eigenvalue weighted by Crippen LogP contribution is 2.33. The van der Waals surface area contributed by atoms with Crippen LogP contribution in [0.3, 0.4) is 0 Å². The first-order valence-corrected chi connectivity index (χ1v) is 10.7. The van der Waals surface area contributed by atoms with Crippen LogP contribution in [0.4, 0.5) is 18.9 Å². The first-order valence-electron chi connectivity index (χ1n) is 10.7. The number of para-hydroxylation sites is 2. The lowest BCUT2D eigenvalue weighted by Crippen LogP contribution is -2.53. The molecule has 0 radical (unpaired) electrons. The number of halogens is 3. The number of hydrogen-bond donors (Lipinski definition) is 1. The van der Waals surface area contributed by atoms with Gasteiger partial charge in [-0.3, -0.25) is 19.4 Å². The summed E-state index contributed by atoms with van der Waals surface area (Å²) in [4.78, 5) is 30.4. The van der Waals surface area contributed by atoms with Crippen LogP contribution >= 0.6 is 0 Å². The molecule has 0 aromatic heterocycles. The third-order valence-electron chi connectivity index (χ3n) is 5.90.